The van der Waals surface area contributed by atoms with Gasteiger partial charge in [0.05, 0.1) is 28.9 Å². The summed E-state index contributed by atoms with van der Waals surface area (Å²) in [5.74, 6) is -0.287. The van der Waals surface area contributed by atoms with Crippen molar-refractivity contribution in [2.45, 2.75) is 46.6 Å². The van der Waals surface area contributed by atoms with E-state index in [-0.39, 0.29) is 34.9 Å². The highest BCUT2D eigenvalue weighted by atomic mass is 19.4. The minimum Gasteiger partial charge on any atom is -0.338 e. The second-order valence-corrected chi connectivity index (χ2v) is 6.64. The zero-order valence-electron chi connectivity index (χ0n) is 16.1. The molecule has 0 bridgehead atoms. The number of aromatic nitrogens is 5. The van der Waals surface area contributed by atoms with Gasteiger partial charge in [0.25, 0.3) is 0 Å². The third-order valence-electron chi connectivity index (χ3n) is 4.52. The predicted octanol–water partition coefficient (Wildman–Crippen LogP) is 2.94. The Morgan fingerprint density at radius 3 is 2.61 bits per heavy atom. The van der Waals surface area contributed by atoms with E-state index < -0.39 is 11.7 Å². The molecular weight excluding hydrogens is 373 g/mol. The first-order valence-corrected chi connectivity index (χ1v) is 8.78. The molecule has 3 rings (SSSR count). The second-order valence-electron chi connectivity index (χ2n) is 6.64. The number of nitrogens with zero attached hydrogens (tertiary/aromatic N) is 6. The number of likely N-dealkylation sites (N-methyl/N-ethyl adjacent to an activating group) is 1. The second kappa shape index (κ2) is 7.25. The smallest absolute Gasteiger partial charge is 0.338 e. The van der Waals surface area contributed by atoms with Crippen molar-refractivity contribution in [2.75, 3.05) is 7.05 Å². The summed E-state index contributed by atoms with van der Waals surface area (Å²) >= 11 is 0. The summed E-state index contributed by atoms with van der Waals surface area (Å²) in [5.41, 5.74) is 0.549. The number of pyridine rings is 1. The van der Waals surface area contributed by atoms with Crippen LogP contribution in [0.2, 0.25) is 0 Å². The maximum Gasteiger partial charge on any atom is 0.417 e. The van der Waals surface area contributed by atoms with Crippen LogP contribution in [0.5, 0.6) is 0 Å². The fourth-order valence-electron chi connectivity index (χ4n) is 3.17. The Bertz CT molecular complexity index is 1020. The summed E-state index contributed by atoms with van der Waals surface area (Å²) in [6, 6.07) is 2.82. The topological polar surface area (TPSA) is 68.8 Å². The predicted molar refractivity (Wildman–Crippen MR) is 96.4 cm³/mol. The summed E-state index contributed by atoms with van der Waals surface area (Å²) in [6.07, 6.45) is -2.86. The summed E-state index contributed by atoms with van der Waals surface area (Å²) in [5, 5.41) is 8.24. The van der Waals surface area contributed by atoms with Gasteiger partial charge in [0.15, 0.2) is 5.65 Å². The van der Waals surface area contributed by atoms with E-state index in [4.69, 9.17) is 0 Å². The zero-order chi connectivity index (χ0) is 20.6. The van der Waals surface area contributed by atoms with Crippen LogP contribution in [0.25, 0.3) is 11.0 Å². The molecular formula is C18H21F3N6O. The van der Waals surface area contributed by atoms with Crippen molar-refractivity contribution in [1.82, 2.24) is 29.4 Å². The van der Waals surface area contributed by atoms with Gasteiger partial charge in [-0.15, -0.1) is 0 Å². The maximum atomic E-state index is 13.4. The van der Waals surface area contributed by atoms with Gasteiger partial charge in [-0.25, -0.2) is 9.67 Å². The average molecular weight is 394 g/mol. The molecule has 0 radical (unpaired) electrons. The van der Waals surface area contributed by atoms with Crippen molar-refractivity contribution >= 4 is 16.9 Å². The SMILES string of the molecule is CCn1nccc1CN(C)C(=O)Cn1nc(C)c2c(C(F)(F)F)cc(C)nc21. The molecule has 7 nitrogen and oxygen atoms in total. The van der Waals surface area contributed by atoms with Crippen molar-refractivity contribution in [3.8, 4) is 0 Å². The van der Waals surface area contributed by atoms with E-state index in [1.807, 2.05) is 13.0 Å². The van der Waals surface area contributed by atoms with Gasteiger partial charge in [0, 0.05) is 25.5 Å². The Labute approximate surface area is 159 Å². The molecule has 0 fully saturated rings. The molecule has 0 aliphatic carbocycles. The number of alkyl halides is 3. The largest absolute Gasteiger partial charge is 0.417 e. The molecule has 0 aliphatic rings. The van der Waals surface area contributed by atoms with Gasteiger partial charge in [-0.3, -0.25) is 9.48 Å². The average Bonchev–Trinajstić information content (AvgIpc) is 3.17. The fraction of sp³-hybridized carbons (Fsp3) is 0.444. The minimum atomic E-state index is -4.52. The molecule has 3 aromatic rings. The molecule has 1 amide bonds. The fourth-order valence-corrected chi connectivity index (χ4v) is 3.17. The molecule has 0 saturated carbocycles. The van der Waals surface area contributed by atoms with Crippen LogP contribution in [-0.4, -0.2) is 42.4 Å². The van der Waals surface area contributed by atoms with Gasteiger partial charge >= 0.3 is 6.18 Å². The highest BCUT2D eigenvalue weighted by molar-refractivity contribution is 5.85. The Hall–Kier alpha value is -2.91. The molecule has 3 heterocycles. The number of carbonyl (C=O) groups excluding carboxylic acids is 1. The number of fused-ring (bicyclic) bond motifs is 1. The van der Waals surface area contributed by atoms with Gasteiger partial charge in [-0.1, -0.05) is 0 Å². The molecule has 10 heteroatoms. The highest BCUT2D eigenvalue weighted by Gasteiger charge is 2.35. The van der Waals surface area contributed by atoms with Crippen LogP contribution in [0.3, 0.4) is 0 Å². The maximum absolute atomic E-state index is 13.4. The number of aryl methyl sites for hydroxylation is 3. The summed E-state index contributed by atoms with van der Waals surface area (Å²) in [7, 11) is 1.63. The van der Waals surface area contributed by atoms with Crippen LogP contribution >= 0.6 is 0 Å². The molecule has 0 atom stereocenters. The van der Waals surface area contributed by atoms with E-state index in [9.17, 15) is 18.0 Å². The lowest BCUT2D eigenvalue weighted by atomic mass is 10.1. The lowest BCUT2D eigenvalue weighted by Crippen LogP contribution is -2.31. The van der Waals surface area contributed by atoms with Crippen LogP contribution in [0.4, 0.5) is 13.2 Å². The van der Waals surface area contributed by atoms with Crippen LogP contribution in [0.1, 0.15) is 29.6 Å². The Morgan fingerprint density at radius 1 is 1.25 bits per heavy atom. The van der Waals surface area contributed by atoms with E-state index in [1.54, 1.807) is 17.9 Å². The standard InChI is InChI=1S/C18H21F3N6O/c1-5-26-13(6-7-22-26)9-25(4)15(28)10-27-17-16(12(3)24-27)14(18(19,20)21)8-11(2)23-17/h6-8H,5,9-10H2,1-4H3. The van der Waals surface area contributed by atoms with E-state index in [1.165, 1.54) is 23.4 Å². The number of rotatable bonds is 5. The van der Waals surface area contributed by atoms with Crippen LogP contribution < -0.4 is 0 Å². The molecule has 3 aromatic heterocycles. The summed E-state index contributed by atoms with van der Waals surface area (Å²) < 4.78 is 43.3. The Morgan fingerprint density at radius 2 is 1.96 bits per heavy atom. The van der Waals surface area contributed by atoms with Crippen molar-refractivity contribution in [2.24, 2.45) is 0 Å². The van der Waals surface area contributed by atoms with E-state index >= 15 is 0 Å². The van der Waals surface area contributed by atoms with Gasteiger partial charge in [-0.05, 0) is 32.9 Å². The number of hydrogen-bond acceptors (Lipinski definition) is 4. The molecule has 0 spiro atoms. The van der Waals surface area contributed by atoms with Crippen molar-refractivity contribution in [1.29, 1.82) is 0 Å². The van der Waals surface area contributed by atoms with Gasteiger partial charge in [-0.2, -0.15) is 23.4 Å². The molecule has 0 N–H and O–H groups in total. The highest BCUT2D eigenvalue weighted by Crippen LogP contribution is 2.36. The Kier molecular flexibility index (Phi) is 5.14. The molecule has 150 valence electrons. The first-order valence-electron chi connectivity index (χ1n) is 8.78. The summed E-state index contributed by atoms with van der Waals surface area (Å²) in [6.45, 7) is 5.74. The van der Waals surface area contributed by atoms with Gasteiger partial charge < -0.3 is 4.90 Å². The molecule has 28 heavy (non-hydrogen) atoms. The molecule has 0 aliphatic heterocycles. The minimum absolute atomic E-state index is 0.0603. The first kappa shape index (κ1) is 19.8. The quantitative estimate of drug-likeness (QED) is 0.667. The third-order valence-corrected chi connectivity index (χ3v) is 4.52. The van der Waals surface area contributed by atoms with E-state index in [0.29, 0.717) is 13.1 Å². The lowest BCUT2D eigenvalue weighted by molar-refractivity contribution is -0.136. The number of halogens is 3. The van der Waals surface area contributed by atoms with Crippen molar-refractivity contribution in [3.05, 3.63) is 41.0 Å². The Balaban J connectivity index is 1.90. The molecule has 0 aromatic carbocycles. The normalized spacial score (nSPS) is 12.0. The van der Waals surface area contributed by atoms with Gasteiger partial charge in [0.2, 0.25) is 5.91 Å². The third kappa shape index (κ3) is 3.71. The molecule has 0 saturated heterocycles. The van der Waals surface area contributed by atoms with Gasteiger partial charge in [0.1, 0.15) is 6.54 Å². The van der Waals surface area contributed by atoms with E-state index in [2.05, 4.69) is 15.2 Å². The zero-order valence-corrected chi connectivity index (χ0v) is 16.1. The van der Waals surface area contributed by atoms with E-state index in [0.717, 1.165) is 11.8 Å². The van der Waals surface area contributed by atoms with Crippen LogP contribution in [-0.2, 0) is 30.6 Å². The van der Waals surface area contributed by atoms with Crippen LogP contribution in [0, 0.1) is 13.8 Å². The monoisotopic (exact) mass is 394 g/mol. The number of carbonyl (C=O) groups is 1. The van der Waals surface area contributed by atoms with Crippen LogP contribution in [0.15, 0.2) is 18.3 Å². The van der Waals surface area contributed by atoms with Crippen molar-refractivity contribution in [3.63, 3.8) is 0 Å². The van der Waals surface area contributed by atoms with Crippen molar-refractivity contribution < 1.29 is 18.0 Å². The first-order chi connectivity index (χ1) is 13.1. The molecule has 0 unspecified atom stereocenters. The summed E-state index contributed by atoms with van der Waals surface area (Å²) in [4.78, 5) is 18.3. The lowest BCUT2D eigenvalue weighted by Gasteiger charge is -2.18. The number of amides is 1. The number of hydrogen-bond donors (Lipinski definition) is 0.